The van der Waals surface area contributed by atoms with E-state index in [4.69, 9.17) is 4.74 Å². The van der Waals surface area contributed by atoms with Crippen molar-refractivity contribution < 1.29 is 19.4 Å². The fourth-order valence-electron chi connectivity index (χ4n) is 6.50. The summed E-state index contributed by atoms with van der Waals surface area (Å²) in [5, 5.41) is 24.2. The maximum absolute atomic E-state index is 14.7. The Labute approximate surface area is 262 Å². The first kappa shape index (κ1) is 29.9. The molecule has 1 aliphatic carbocycles. The summed E-state index contributed by atoms with van der Waals surface area (Å²) in [5.41, 5.74) is -1.43. The van der Waals surface area contributed by atoms with Crippen LogP contribution in [0.3, 0.4) is 0 Å². The molecule has 0 spiro atoms. The van der Waals surface area contributed by atoms with E-state index >= 15 is 0 Å². The number of ketones is 1. The average Bonchev–Trinajstić information content (AvgIpc) is 3.01. The van der Waals surface area contributed by atoms with Crippen LogP contribution < -0.4 is 0 Å². The minimum Gasteiger partial charge on any atom is -0.465 e. The van der Waals surface area contributed by atoms with Crippen LogP contribution in [0.4, 0.5) is 0 Å². The molecule has 0 saturated heterocycles. The van der Waals surface area contributed by atoms with Gasteiger partial charge in [0.05, 0.1) is 18.6 Å². The molecule has 0 amide bonds. The zero-order chi connectivity index (χ0) is 29.9. The average molecular weight is 687 g/mol. The smallest absolute Gasteiger partial charge is 0.327 e. The molecule has 1 aliphatic rings. The Morgan fingerprint density at radius 3 is 2.02 bits per heavy atom. The molecule has 5 nitrogen and oxygen atoms in total. The Kier molecular flexibility index (Phi) is 8.79. The van der Waals surface area contributed by atoms with Gasteiger partial charge in [-0.1, -0.05) is 117 Å². The van der Waals surface area contributed by atoms with Gasteiger partial charge in [-0.3, -0.25) is 9.59 Å². The van der Waals surface area contributed by atoms with E-state index in [0.29, 0.717) is 22.3 Å². The first-order chi connectivity index (χ1) is 20.3. The molecule has 1 fully saturated rings. The Morgan fingerprint density at radius 1 is 0.881 bits per heavy atom. The lowest BCUT2D eigenvalue weighted by atomic mass is 9.47. The summed E-state index contributed by atoms with van der Waals surface area (Å²) in [6, 6.07) is 34.9. The molecule has 0 bridgehead atoms. The number of esters is 1. The molecule has 0 aromatic heterocycles. The number of nitrogens with zero attached hydrogens (tertiary/aromatic N) is 1. The third kappa shape index (κ3) is 5.24. The molecule has 4 aromatic rings. The number of hydrogen-bond donors (Lipinski definition) is 1. The van der Waals surface area contributed by atoms with Crippen molar-refractivity contribution in [3.63, 3.8) is 0 Å². The van der Waals surface area contributed by atoms with Crippen molar-refractivity contribution in [2.24, 2.45) is 11.3 Å². The van der Waals surface area contributed by atoms with E-state index in [2.05, 4.69) is 37.9 Å². The second-order valence-electron chi connectivity index (χ2n) is 10.5. The van der Waals surface area contributed by atoms with Crippen molar-refractivity contribution in [1.29, 1.82) is 5.26 Å². The van der Waals surface area contributed by atoms with Crippen molar-refractivity contribution in [1.82, 2.24) is 0 Å². The van der Waals surface area contributed by atoms with E-state index in [1.54, 1.807) is 55.5 Å². The Hall–Kier alpha value is -3.57. The van der Waals surface area contributed by atoms with Crippen LogP contribution in [0.2, 0.25) is 0 Å². The number of ether oxygens (including phenoxy) is 1. The maximum Gasteiger partial charge on any atom is 0.327 e. The molecule has 0 aliphatic heterocycles. The highest BCUT2D eigenvalue weighted by Gasteiger charge is 2.67. The van der Waals surface area contributed by atoms with Crippen molar-refractivity contribution >= 4 is 43.6 Å². The van der Waals surface area contributed by atoms with E-state index in [1.165, 1.54) is 0 Å². The van der Waals surface area contributed by atoms with Crippen LogP contribution >= 0.6 is 31.9 Å². The highest BCUT2D eigenvalue weighted by molar-refractivity contribution is 9.10. The predicted octanol–water partition coefficient (Wildman–Crippen LogP) is 7.94. The predicted molar refractivity (Wildman–Crippen MR) is 168 cm³/mol. The minimum atomic E-state index is -1.85. The number of benzene rings is 4. The molecule has 0 unspecified atom stereocenters. The van der Waals surface area contributed by atoms with Crippen molar-refractivity contribution in [2.75, 3.05) is 6.61 Å². The monoisotopic (exact) mass is 685 g/mol. The van der Waals surface area contributed by atoms with E-state index in [0.717, 1.165) is 8.95 Å². The van der Waals surface area contributed by atoms with Gasteiger partial charge < -0.3 is 9.84 Å². The molecular weight excluding hydrogens is 658 g/mol. The molecule has 5 rings (SSSR count). The summed E-state index contributed by atoms with van der Waals surface area (Å²) >= 11 is 7.09. The maximum atomic E-state index is 14.7. The zero-order valence-electron chi connectivity index (χ0n) is 22.9. The van der Waals surface area contributed by atoms with Crippen LogP contribution in [0.5, 0.6) is 0 Å². The summed E-state index contributed by atoms with van der Waals surface area (Å²) < 4.78 is 7.15. The highest BCUT2D eigenvalue weighted by Crippen LogP contribution is 2.64. The summed E-state index contributed by atoms with van der Waals surface area (Å²) in [6.07, 6.45) is -0.0619. The Morgan fingerprint density at radius 2 is 1.45 bits per heavy atom. The topological polar surface area (TPSA) is 87.4 Å². The van der Waals surface area contributed by atoms with Gasteiger partial charge in [0.1, 0.15) is 5.60 Å². The molecule has 1 N–H and O–H groups in total. The van der Waals surface area contributed by atoms with E-state index in [9.17, 15) is 20.0 Å². The van der Waals surface area contributed by atoms with Gasteiger partial charge in [0.2, 0.25) is 0 Å². The van der Waals surface area contributed by atoms with E-state index < -0.39 is 34.7 Å². The van der Waals surface area contributed by atoms with E-state index in [-0.39, 0.29) is 18.8 Å². The Balaban J connectivity index is 1.91. The molecule has 0 heterocycles. The van der Waals surface area contributed by atoms with Gasteiger partial charge >= 0.3 is 5.97 Å². The number of nitriles is 1. The molecule has 4 aromatic carbocycles. The van der Waals surface area contributed by atoms with Crippen LogP contribution in [0.25, 0.3) is 0 Å². The van der Waals surface area contributed by atoms with Crippen LogP contribution in [0.1, 0.15) is 52.2 Å². The lowest BCUT2D eigenvalue weighted by Crippen LogP contribution is -2.59. The standard InChI is InChI=1S/C35H29Br2NO4/c1-2-42-33(40)34(22-38)29(24-13-9-17-27(36)19-24)21-35(41,26-15-7-4-8-16-26)31(32(39)23-11-5-3-6-12-23)30(34)25-14-10-18-28(37)20-25/h3-20,29-31,41H,2,21H2,1H3/t29-,30-,31-,34-,35-/m0/s1. The molecule has 5 atom stereocenters. The lowest BCUT2D eigenvalue weighted by Gasteiger charge is -2.54. The normalized spacial score (nSPS) is 25.3. The summed E-state index contributed by atoms with van der Waals surface area (Å²) in [6.45, 7) is 1.75. The van der Waals surface area contributed by atoms with Gasteiger partial charge in [0, 0.05) is 26.3 Å². The number of Topliss-reactive ketones (excluding diaryl/α,β-unsaturated/α-hetero) is 1. The second kappa shape index (κ2) is 12.3. The van der Waals surface area contributed by atoms with Gasteiger partial charge in [-0.05, 0) is 54.3 Å². The van der Waals surface area contributed by atoms with Gasteiger partial charge in [0.15, 0.2) is 11.2 Å². The van der Waals surface area contributed by atoms with Crippen LogP contribution in [0, 0.1) is 22.7 Å². The molecule has 0 radical (unpaired) electrons. The minimum absolute atomic E-state index is 0.0545. The Bertz CT molecular complexity index is 1640. The van der Waals surface area contributed by atoms with Gasteiger partial charge in [-0.25, -0.2) is 0 Å². The van der Waals surface area contributed by atoms with Crippen LogP contribution in [-0.2, 0) is 15.1 Å². The van der Waals surface area contributed by atoms with Crippen molar-refractivity contribution in [2.45, 2.75) is 30.8 Å². The van der Waals surface area contributed by atoms with Gasteiger partial charge in [-0.2, -0.15) is 5.26 Å². The molecular formula is C35H29Br2NO4. The van der Waals surface area contributed by atoms with Crippen LogP contribution in [0.15, 0.2) is 118 Å². The number of rotatable bonds is 7. The number of hydrogen-bond acceptors (Lipinski definition) is 5. The summed E-state index contributed by atoms with van der Waals surface area (Å²) in [4.78, 5) is 29.0. The SMILES string of the molecule is CCOC(=O)[C@@]1(C#N)[C@H](c2cccc(Br)c2)C[C@](O)(c2ccccc2)[C@H](C(=O)c2ccccc2)[C@@H]1c1cccc(Br)c1. The molecule has 1 saturated carbocycles. The lowest BCUT2D eigenvalue weighted by molar-refractivity contribution is -0.164. The number of carbonyl (C=O) groups excluding carboxylic acids is 2. The third-order valence-corrected chi connectivity index (χ3v) is 9.26. The van der Waals surface area contributed by atoms with E-state index in [1.807, 2.05) is 60.7 Å². The molecule has 212 valence electrons. The number of carbonyl (C=O) groups is 2. The summed E-state index contributed by atoms with van der Waals surface area (Å²) in [7, 11) is 0. The first-order valence-corrected chi connectivity index (χ1v) is 15.3. The number of halogens is 2. The summed E-state index contributed by atoms with van der Waals surface area (Å²) in [5.74, 6) is -4.18. The second-order valence-corrected chi connectivity index (χ2v) is 12.4. The third-order valence-electron chi connectivity index (χ3n) is 8.27. The molecule has 7 heteroatoms. The first-order valence-electron chi connectivity index (χ1n) is 13.7. The van der Waals surface area contributed by atoms with Gasteiger partial charge in [-0.15, -0.1) is 0 Å². The fourth-order valence-corrected chi connectivity index (χ4v) is 7.34. The van der Waals surface area contributed by atoms with Crippen molar-refractivity contribution in [3.8, 4) is 6.07 Å². The fraction of sp³-hybridized carbons (Fsp3) is 0.229. The van der Waals surface area contributed by atoms with Crippen molar-refractivity contribution in [3.05, 3.63) is 140 Å². The number of aliphatic hydroxyl groups is 1. The van der Waals surface area contributed by atoms with Gasteiger partial charge in [0.25, 0.3) is 0 Å². The highest BCUT2D eigenvalue weighted by atomic mass is 79.9. The van der Waals surface area contributed by atoms with Crippen LogP contribution in [-0.4, -0.2) is 23.5 Å². The quantitative estimate of drug-likeness (QED) is 0.158. The molecule has 42 heavy (non-hydrogen) atoms. The zero-order valence-corrected chi connectivity index (χ0v) is 26.1. The largest absolute Gasteiger partial charge is 0.465 e.